The fourth-order valence-electron chi connectivity index (χ4n) is 3.53. The Morgan fingerprint density at radius 2 is 1.80 bits per heavy atom. The number of nitrogens with zero attached hydrogens (tertiary/aromatic N) is 1. The quantitative estimate of drug-likeness (QED) is 0.219. The zero-order chi connectivity index (χ0) is 25.2. The number of rotatable bonds is 6. The van der Waals surface area contributed by atoms with E-state index < -0.39 is 23.7 Å². The summed E-state index contributed by atoms with van der Waals surface area (Å²) < 4.78 is 66.5. The number of hydrazine groups is 1. The van der Waals surface area contributed by atoms with Crippen molar-refractivity contribution in [2.75, 3.05) is 12.1 Å². The van der Waals surface area contributed by atoms with Crippen molar-refractivity contribution in [2.24, 2.45) is 0 Å². The number of hydrogen-bond acceptors (Lipinski definition) is 4. The largest absolute Gasteiger partial charge is 0.493 e. The molecule has 0 radical (unpaired) electrons. The molecule has 35 heavy (non-hydrogen) atoms. The summed E-state index contributed by atoms with van der Waals surface area (Å²) in [6.45, 7) is 0.0861. The number of carbonyl (C=O) groups excluding carboxylic acids is 1. The maximum atomic E-state index is 13.8. The van der Waals surface area contributed by atoms with Crippen molar-refractivity contribution in [3.8, 4) is 11.5 Å². The molecule has 1 N–H and O–H groups in total. The van der Waals surface area contributed by atoms with Crippen molar-refractivity contribution < 1.29 is 31.8 Å². The number of ether oxygens (including phenoxy) is 2. The monoisotopic (exact) mass is 598 g/mol. The first-order chi connectivity index (χ1) is 16.7. The molecular weight excluding hydrogens is 579 g/mol. The zero-order valence-corrected chi connectivity index (χ0v) is 20.4. The van der Waals surface area contributed by atoms with Gasteiger partial charge in [0.2, 0.25) is 0 Å². The van der Waals surface area contributed by atoms with E-state index in [2.05, 4.69) is 5.43 Å². The lowest BCUT2D eigenvalue weighted by atomic mass is 10.0. The topological polar surface area (TPSA) is 50.8 Å². The second-order valence-electron chi connectivity index (χ2n) is 7.65. The summed E-state index contributed by atoms with van der Waals surface area (Å²) in [6, 6.07) is 14.7. The standard InChI is InChI=1S/C25H19F4IN2O3/c1-34-21-10-7-16(12-22(21)35-14-15-5-8-17(26)9-6-15)11-20-23(25(27,28)29)31-32(24(20)33)19-4-2-3-18(30)13-19/h2-13,23,31H,14H2,1H3/b20-11-. The number of amides is 1. The third kappa shape index (κ3) is 5.76. The lowest BCUT2D eigenvalue weighted by molar-refractivity contribution is -0.144. The van der Waals surface area contributed by atoms with Crippen LogP contribution >= 0.6 is 22.6 Å². The normalized spacial score (nSPS) is 17.2. The Balaban J connectivity index is 1.65. The molecule has 1 unspecified atom stereocenters. The van der Waals surface area contributed by atoms with Crippen LogP contribution in [-0.4, -0.2) is 25.2 Å². The van der Waals surface area contributed by atoms with Gasteiger partial charge in [-0.1, -0.05) is 24.3 Å². The van der Waals surface area contributed by atoms with Crippen molar-refractivity contribution in [1.82, 2.24) is 5.43 Å². The van der Waals surface area contributed by atoms with Crippen molar-refractivity contribution in [3.63, 3.8) is 0 Å². The van der Waals surface area contributed by atoms with E-state index in [4.69, 9.17) is 9.47 Å². The molecule has 1 aliphatic rings. The van der Waals surface area contributed by atoms with Gasteiger partial charge in [-0.25, -0.2) is 14.8 Å². The smallest absolute Gasteiger partial charge is 0.409 e. The fraction of sp³-hybridized carbons (Fsp3) is 0.160. The summed E-state index contributed by atoms with van der Waals surface area (Å²) in [5.41, 5.74) is 3.15. The number of nitrogens with one attached hydrogen (secondary N) is 1. The van der Waals surface area contributed by atoms with E-state index in [0.29, 0.717) is 22.6 Å². The number of hydrogen-bond donors (Lipinski definition) is 1. The van der Waals surface area contributed by atoms with Crippen molar-refractivity contribution >= 4 is 40.3 Å². The number of carbonyl (C=O) groups is 1. The third-order valence-corrected chi connectivity index (χ3v) is 5.90. The molecule has 1 aliphatic heterocycles. The Hall–Kier alpha value is -3.12. The summed E-state index contributed by atoms with van der Waals surface area (Å²) in [7, 11) is 1.43. The summed E-state index contributed by atoms with van der Waals surface area (Å²) in [5, 5.41) is 0.904. The van der Waals surface area contributed by atoms with Gasteiger partial charge in [-0.2, -0.15) is 13.2 Å². The van der Waals surface area contributed by atoms with Crippen LogP contribution in [0.3, 0.4) is 0 Å². The van der Waals surface area contributed by atoms with Crippen LogP contribution in [0.2, 0.25) is 0 Å². The SMILES string of the molecule is COc1ccc(/C=C2\C(=O)N(c3cccc(I)c3)NC2C(F)(F)F)cc1OCc1ccc(F)cc1. The predicted octanol–water partition coefficient (Wildman–Crippen LogP) is 5.88. The number of anilines is 1. The predicted molar refractivity (Wildman–Crippen MR) is 131 cm³/mol. The number of alkyl halides is 3. The van der Waals surface area contributed by atoms with Crippen LogP contribution in [0.15, 0.2) is 72.3 Å². The molecule has 1 fully saturated rings. The Labute approximate surface area is 212 Å². The fourth-order valence-corrected chi connectivity index (χ4v) is 4.06. The lowest BCUT2D eigenvalue weighted by Gasteiger charge is -2.19. The molecule has 1 heterocycles. The second-order valence-corrected chi connectivity index (χ2v) is 8.89. The average molecular weight is 598 g/mol. The van der Waals surface area contributed by atoms with Gasteiger partial charge < -0.3 is 9.47 Å². The van der Waals surface area contributed by atoms with Crippen LogP contribution in [0.5, 0.6) is 11.5 Å². The highest BCUT2D eigenvalue weighted by molar-refractivity contribution is 14.1. The van der Waals surface area contributed by atoms with Gasteiger partial charge in [-0.05, 0) is 82.3 Å². The van der Waals surface area contributed by atoms with Crippen LogP contribution in [-0.2, 0) is 11.4 Å². The van der Waals surface area contributed by atoms with Crippen LogP contribution in [0, 0.1) is 9.39 Å². The summed E-state index contributed by atoms with van der Waals surface area (Å²) in [5.74, 6) is -0.562. The molecule has 0 aliphatic carbocycles. The Morgan fingerprint density at radius 3 is 2.46 bits per heavy atom. The van der Waals surface area contributed by atoms with Crippen molar-refractivity contribution in [2.45, 2.75) is 18.8 Å². The molecule has 1 saturated heterocycles. The molecule has 4 rings (SSSR count). The first kappa shape index (κ1) is 25.0. The molecule has 1 atom stereocenters. The van der Waals surface area contributed by atoms with E-state index in [1.165, 1.54) is 37.5 Å². The molecule has 0 aromatic heterocycles. The highest BCUT2D eigenvalue weighted by Crippen LogP contribution is 2.36. The summed E-state index contributed by atoms with van der Waals surface area (Å²) in [6.07, 6.45) is -3.52. The maximum absolute atomic E-state index is 13.8. The number of benzene rings is 3. The van der Waals surface area contributed by atoms with Gasteiger partial charge in [0, 0.05) is 9.14 Å². The highest BCUT2D eigenvalue weighted by atomic mass is 127. The van der Waals surface area contributed by atoms with E-state index in [9.17, 15) is 22.4 Å². The van der Waals surface area contributed by atoms with E-state index in [-0.39, 0.29) is 18.2 Å². The van der Waals surface area contributed by atoms with E-state index in [1.54, 1.807) is 42.5 Å². The summed E-state index contributed by atoms with van der Waals surface area (Å²) in [4.78, 5) is 13.0. The van der Waals surface area contributed by atoms with Crippen molar-refractivity contribution in [3.05, 3.63) is 92.8 Å². The molecule has 182 valence electrons. The molecular formula is C25H19F4IN2O3. The minimum Gasteiger partial charge on any atom is -0.493 e. The highest BCUT2D eigenvalue weighted by Gasteiger charge is 2.51. The second kappa shape index (κ2) is 10.2. The Morgan fingerprint density at radius 1 is 1.06 bits per heavy atom. The van der Waals surface area contributed by atoms with E-state index >= 15 is 0 Å². The van der Waals surface area contributed by atoms with Crippen LogP contribution in [0.4, 0.5) is 23.2 Å². The minimum absolute atomic E-state index is 0.0861. The molecule has 0 spiro atoms. The Kier molecular flexibility index (Phi) is 7.31. The van der Waals surface area contributed by atoms with Crippen LogP contribution < -0.4 is 19.9 Å². The van der Waals surface area contributed by atoms with Gasteiger partial charge in [0.25, 0.3) is 5.91 Å². The maximum Gasteiger partial charge on any atom is 0.409 e. The first-order valence-electron chi connectivity index (χ1n) is 10.4. The van der Waals surface area contributed by atoms with Gasteiger partial charge in [0.15, 0.2) is 17.5 Å². The number of halogens is 5. The van der Waals surface area contributed by atoms with Gasteiger partial charge in [0.1, 0.15) is 12.4 Å². The van der Waals surface area contributed by atoms with Gasteiger partial charge in [-0.15, -0.1) is 0 Å². The summed E-state index contributed by atoms with van der Waals surface area (Å²) >= 11 is 2.02. The van der Waals surface area contributed by atoms with Crippen LogP contribution in [0.1, 0.15) is 11.1 Å². The van der Waals surface area contributed by atoms with Crippen LogP contribution in [0.25, 0.3) is 6.08 Å². The molecule has 3 aromatic carbocycles. The van der Waals surface area contributed by atoms with Gasteiger partial charge in [0.05, 0.1) is 12.8 Å². The van der Waals surface area contributed by atoms with E-state index in [0.717, 1.165) is 8.58 Å². The minimum atomic E-state index is -4.70. The molecule has 5 nitrogen and oxygen atoms in total. The number of methoxy groups -OCH3 is 1. The zero-order valence-electron chi connectivity index (χ0n) is 18.3. The molecule has 0 saturated carbocycles. The van der Waals surface area contributed by atoms with Gasteiger partial charge in [-0.3, -0.25) is 4.79 Å². The molecule has 1 amide bonds. The molecule has 10 heteroatoms. The Bertz CT molecular complexity index is 1260. The molecule has 0 bridgehead atoms. The van der Waals surface area contributed by atoms with E-state index in [1.807, 2.05) is 22.6 Å². The molecule has 3 aromatic rings. The van der Waals surface area contributed by atoms with Gasteiger partial charge >= 0.3 is 6.18 Å². The third-order valence-electron chi connectivity index (χ3n) is 5.23. The lowest BCUT2D eigenvalue weighted by Crippen LogP contribution is -2.44. The average Bonchev–Trinajstić information content (AvgIpc) is 3.15. The van der Waals surface area contributed by atoms with Crippen molar-refractivity contribution in [1.29, 1.82) is 0 Å². The first-order valence-corrected chi connectivity index (χ1v) is 11.4.